The molecule has 0 spiro atoms. The Labute approximate surface area is 103 Å². The van der Waals surface area contributed by atoms with Crippen LogP contribution in [0.15, 0.2) is 18.2 Å². The lowest BCUT2D eigenvalue weighted by molar-refractivity contribution is 0.237. The molecule has 4 nitrogen and oxygen atoms in total. The van der Waals surface area contributed by atoms with Gasteiger partial charge in [0, 0.05) is 18.2 Å². The van der Waals surface area contributed by atoms with Crippen molar-refractivity contribution in [1.29, 1.82) is 0 Å². The molecule has 0 saturated carbocycles. The van der Waals surface area contributed by atoms with Crippen LogP contribution in [0.1, 0.15) is 18.9 Å². The minimum Gasteiger partial charge on any atom is -0.493 e. The molecule has 0 aliphatic carbocycles. The molecule has 0 aliphatic heterocycles. The van der Waals surface area contributed by atoms with Crippen LogP contribution in [-0.4, -0.2) is 32.0 Å². The van der Waals surface area contributed by atoms with Gasteiger partial charge in [0.15, 0.2) is 11.5 Å². The van der Waals surface area contributed by atoms with Gasteiger partial charge in [-0.2, -0.15) is 0 Å². The number of benzene rings is 1. The second-order valence-corrected chi connectivity index (χ2v) is 3.82. The zero-order chi connectivity index (χ0) is 12.7. The Balaban J connectivity index is 2.76. The molecule has 17 heavy (non-hydrogen) atoms. The fourth-order valence-electron chi connectivity index (χ4n) is 1.69. The molecule has 0 heterocycles. The largest absolute Gasteiger partial charge is 0.493 e. The highest BCUT2D eigenvalue weighted by Crippen LogP contribution is 2.30. The summed E-state index contributed by atoms with van der Waals surface area (Å²) in [5.41, 5.74) is 1.03. The lowest BCUT2D eigenvalue weighted by Gasteiger charge is -2.17. The van der Waals surface area contributed by atoms with Crippen molar-refractivity contribution >= 4 is 0 Å². The van der Waals surface area contributed by atoms with Gasteiger partial charge in [-0.3, -0.25) is 0 Å². The molecule has 1 atom stereocenters. The molecule has 1 unspecified atom stereocenters. The highest BCUT2D eigenvalue weighted by atomic mass is 16.5. The second-order valence-electron chi connectivity index (χ2n) is 3.82. The molecule has 0 fully saturated rings. The first-order valence-corrected chi connectivity index (χ1v) is 5.80. The van der Waals surface area contributed by atoms with Gasteiger partial charge in [0.25, 0.3) is 0 Å². The van der Waals surface area contributed by atoms with Crippen LogP contribution in [0.3, 0.4) is 0 Å². The number of hydrogen-bond acceptors (Lipinski definition) is 4. The Morgan fingerprint density at radius 2 is 2.06 bits per heavy atom. The molecule has 0 aliphatic rings. The van der Waals surface area contributed by atoms with E-state index >= 15 is 0 Å². The maximum absolute atomic E-state index is 9.11. The summed E-state index contributed by atoms with van der Waals surface area (Å²) in [6.45, 7) is 2.83. The van der Waals surface area contributed by atoms with Gasteiger partial charge < -0.3 is 19.9 Å². The fraction of sp³-hybridized carbons (Fsp3) is 0.538. The predicted molar refractivity (Wildman–Crippen MR) is 67.6 cm³/mol. The molecule has 2 N–H and O–H groups in total. The van der Waals surface area contributed by atoms with Crippen LogP contribution >= 0.6 is 0 Å². The standard InChI is InChI=1S/C13H21NO3/c1-4-11(9-15)14-8-10-6-5-7-12(16-2)13(10)17-3/h5-7,11,14-15H,4,8-9H2,1-3H3. The summed E-state index contributed by atoms with van der Waals surface area (Å²) < 4.78 is 10.6. The molecule has 1 rings (SSSR count). The van der Waals surface area contributed by atoms with Crippen molar-refractivity contribution in [2.45, 2.75) is 25.9 Å². The van der Waals surface area contributed by atoms with Crippen LogP contribution in [0.25, 0.3) is 0 Å². The van der Waals surface area contributed by atoms with Crippen molar-refractivity contribution in [3.05, 3.63) is 23.8 Å². The van der Waals surface area contributed by atoms with Crippen LogP contribution in [0.5, 0.6) is 11.5 Å². The van der Waals surface area contributed by atoms with E-state index in [4.69, 9.17) is 14.6 Å². The van der Waals surface area contributed by atoms with Crippen molar-refractivity contribution < 1.29 is 14.6 Å². The number of hydrogen-bond donors (Lipinski definition) is 2. The van der Waals surface area contributed by atoms with Gasteiger partial charge >= 0.3 is 0 Å². The summed E-state index contributed by atoms with van der Waals surface area (Å²) in [6.07, 6.45) is 0.892. The molecule has 96 valence electrons. The SMILES string of the molecule is CCC(CO)NCc1cccc(OC)c1OC. The van der Waals surface area contributed by atoms with Gasteiger partial charge in [-0.1, -0.05) is 19.1 Å². The number of aliphatic hydroxyl groups is 1. The van der Waals surface area contributed by atoms with E-state index in [2.05, 4.69) is 5.32 Å². The van der Waals surface area contributed by atoms with Crippen LogP contribution < -0.4 is 14.8 Å². The van der Waals surface area contributed by atoms with Crippen LogP contribution in [0.4, 0.5) is 0 Å². The summed E-state index contributed by atoms with van der Waals surface area (Å²) in [7, 11) is 3.25. The maximum Gasteiger partial charge on any atom is 0.165 e. The van der Waals surface area contributed by atoms with Crippen molar-refractivity contribution in [2.24, 2.45) is 0 Å². The molecule has 4 heteroatoms. The van der Waals surface area contributed by atoms with Crippen LogP contribution in [0, 0.1) is 0 Å². The molecule has 1 aromatic carbocycles. The summed E-state index contributed by atoms with van der Waals surface area (Å²) in [4.78, 5) is 0. The van der Waals surface area contributed by atoms with E-state index in [1.165, 1.54) is 0 Å². The minimum absolute atomic E-state index is 0.117. The van der Waals surface area contributed by atoms with Gasteiger partial charge in [0.1, 0.15) is 0 Å². The Kier molecular flexibility index (Phi) is 5.80. The van der Waals surface area contributed by atoms with Gasteiger partial charge in [0.05, 0.1) is 20.8 Å². The van der Waals surface area contributed by atoms with E-state index in [0.717, 1.165) is 23.5 Å². The number of nitrogens with one attached hydrogen (secondary N) is 1. The first-order chi connectivity index (χ1) is 8.26. The van der Waals surface area contributed by atoms with Crippen molar-refractivity contribution in [1.82, 2.24) is 5.32 Å². The number of ether oxygens (including phenoxy) is 2. The Bertz CT molecular complexity index is 337. The number of para-hydroxylation sites is 1. The Morgan fingerprint density at radius 1 is 1.29 bits per heavy atom. The topological polar surface area (TPSA) is 50.7 Å². The highest BCUT2D eigenvalue weighted by Gasteiger charge is 2.10. The average molecular weight is 239 g/mol. The third-order valence-electron chi connectivity index (χ3n) is 2.78. The molecule has 0 radical (unpaired) electrons. The summed E-state index contributed by atoms with van der Waals surface area (Å²) >= 11 is 0. The summed E-state index contributed by atoms with van der Waals surface area (Å²) in [6, 6.07) is 5.90. The molecule has 1 aromatic rings. The predicted octanol–water partition coefficient (Wildman–Crippen LogP) is 1.56. The van der Waals surface area contributed by atoms with Gasteiger partial charge in [-0.25, -0.2) is 0 Å². The van der Waals surface area contributed by atoms with Crippen LogP contribution in [-0.2, 0) is 6.54 Å². The molecule has 0 bridgehead atoms. The number of methoxy groups -OCH3 is 2. The first kappa shape index (κ1) is 13.8. The van der Waals surface area contributed by atoms with Crippen molar-refractivity contribution in [2.75, 3.05) is 20.8 Å². The molecular weight excluding hydrogens is 218 g/mol. The van der Waals surface area contributed by atoms with E-state index in [0.29, 0.717) is 6.54 Å². The van der Waals surface area contributed by atoms with Gasteiger partial charge in [-0.15, -0.1) is 0 Å². The highest BCUT2D eigenvalue weighted by molar-refractivity contribution is 5.46. The van der Waals surface area contributed by atoms with E-state index in [9.17, 15) is 0 Å². The van der Waals surface area contributed by atoms with Crippen LogP contribution in [0.2, 0.25) is 0 Å². The summed E-state index contributed by atoms with van der Waals surface area (Å²) in [5, 5.41) is 12.4. The van der Waals surface area contributed by atoms with E-state index < -0.39 is 0 Å². The fourth-order valence-corrected chi connectivity index (χ4v) is 1.69. The van der Waals surface area contributed by atoms with E-state index in [-0.39, 0.29) is 12.6 Å². The lowest BCUT2D eigenvalue weighted by Crippen LogP contribution is -2.31. The third kappa shape index (κ3) is 3.61. The number of aliphatic hydroxyl groups excluding tert-OH is 1. The van der Waals surface area contributed by atoms with Gasteiger partial charge in [-0.05, 0) is 12.5 Å². The second kappa shape index (κ2) is 7.14. The molecule has 0 aromatic heterocycles. The van der Waals surface area contributed by atoms with E-state index in [1.54, 1.807) is 14.2 Å². The first-order valence-electron chi connectivity index (χ1n) is 5.80. The smallest absolute Gasteiger partial charge is 0.165 e. The third-order valence-corrected chi connectivity index (χ3v) is 2.78. The molecular formula is C13H21NO3. The lowest BCUT2D eigenvalue weighted by atomic mass is 10.1. The zero-order valence-electron chi connectivity index (χ0n) is 10.7. The monoisotopic (exact) mass is 239 g/mol. The summed E-state index contributed by atoms with van der Waals surface area (Å²) in [5.74, 6) is 1.47. The van der Waals surface area contributed by atoms with Gasteiger partial charge in [0.2, 0.25) is 0 Å². The van der Waals surface area contributed by atoms with E-state index in [1.807, 2.05) is 25.1 Å². The molecule has 0 saturated heterocycles. The zero-order valence-corrected chi connectivity index (χ0v) is 10.7. The Morgan fingerprint density at radius 3 is 2.59 bits per heavy atom. The normalized spacial score (nSPS) is 12.2. The quantitative estimate of drug-likeness (QED) is 0.758. The van der Waals surface area contributed by atoms with Crippen molar-refractivity contribution in [3.8, 4) is 11.5 Å². The Hall–Kier alpha value is -1.26. The minimum atomic E-state index is 0.117. The number of rotatable bonds is 7. The average Bonchev–Trinajstić information content (AvgIpc) is 2.39. The maximum atomic E-state index is 9.11. The molecule has 0 amide bonds. The van der Waals surface area contributed by atoms with Crippen molar-refractivity contribution in [3.63, 3.8) is 0 Å².